The molecule has 0 aromatic heterocycles. The van der Waals surface area contributed by atoms with Crippen molar-refractivity contribution in [3.63, 3.8) is 0 Å². The molecule has 0 aliphatic carbocycles. The fraction of sp³-hybridized carbons (Fsp3) is 0.588. The maximum absolute atomic E-state index is 12.2. The van der Waals surface area contributed by atoms with Crippen LogP contribution in [0.2, 0.25) is 0 Å². The van der Waals surface area contributed by atoms with Gasteiger partial charge in [0.15, 0.2) is 5.96 Å². The molecule has 0 aliphatic heterocycles. The average Bonchev–Trinajstić information content (AvgIpc) is 2.52. The minimum atomic E-state index is -4.16. The largest absolute Gasteiger partial charge is 0.390 e. The van der Waals surface area contributed by atoms with Crippen molar-refractivity contribution in [2.45, 2.75) is 39.0 Å². The molecule has 0 saturated carbocycles. The quantitative estimate of drug-likeness (QED) is 0.562. The number of nitrogens with one attached hydrogen (secondary N) is 2. The van der Waals surface area contributed by atoms with Gasteiger partial charge in [-0.15, -0.1) is 0 Å². The molecule has 136 valence electrons. The van der Waals surface area contributed by atoms with Gasteiger partial charge in [0.05, 0.1) is 13.0 Å². The van der Waals surface area contributed by atoms with Crippen LogP contribution in [0.5, 0.6) is 0 Å². The molecule has 0 spiro atoms. The fourth-order valence-corrected chi connectivity index (χ4v) is 2.05. The second-order valence-corrected chi connectivity index (χ2v) is 5.76. The average molecular weight is 344 g/mol. The van der Waals surface area contributed by atoms with Crippen LogP contribution in [0, 0.1) is 0 Å². The number of aliphatic imine (C=N–C) groups is 1. The highest BCUT2D eigenvalue weighted by molar-refractivity contribution is 5.79. The van der Waals surface area contributed by atoms with Gasteiger partial charge in [0, 0.05) is 25.7 Å². The fourth-order valence-electron chi connectivity index (χ4n) is 2.05. The van der Waals surface area contributed by atoms with Gasteiger partial charge in [0.25, 0.3) is 0 Å². The SMILES string of the molecule is CCNC(=NCC(C)N(C)Cc1ccccc1)NCCC(F)(F)F. The molecule has 4 nitrogen and oxygen atoms in total. The number of rotatable bonds is 8. The van der Waals surface area contributed by atoms with E-state index in [1.165, 1.54) is 5.56 Å². The number of likely N-dealkylation sites (N-methyl/N-ethyl adjacent to an activating group) is 1. The highest BCUT2D eigenvalue weighted by Gasteiger charge is 2.26. The molecule has 2 N–H and O–H groups in total. The number of hydrogen-bond donors (Lipinski definition) is 2. The van der Waals surface area contributed by atoms with Gasteiger partial charge in [-0.3, -0.25) is 9.89 Å². The van der Waals surface area contributed by atoms with Crippen LogP contribution in [0.4, 0.5) is 13.2 Å². The molecule has 1 aromatic rings. The normalized spacial score (nSPS) is 13.9. The van der Waals surface area contributed by atoms with Crippen LogP contribution in [-0.4, -0.2) is 49.8 Å². The summed E-state index contributed by atoms with van der Waals surface area (Å²) in [5.41, 5.74) is 1.21. The van der Waals surface area contributed by atoms with E-state index in [1.807, 2.05) is 39.1 Å². The highest BCUT2D eigenvalue weighted by atomic mass is 19.4. The van der Waals surface area contributed by atoms with Crippen molar-refractivity contribution in [3.8, 4) is 0 Å². The van der Waals surface area contributed by atoms with E-state index in [0.717, 1.165) is 6.54 Å². The first-order valence-electron chi connectivity index (χ1n) is 8.15. The van der Waals surface area contributed by atoms with Gasteiger partial charge in [-0.2, -0.15) is 13.2 Å². The minimum Gasteiger partial charge on any atom is -0.357 e. The summed E-state index contributed by atoms with van der Waals surface area (Å²) >= 11 is 0. The Kier molecular flexibility index (Phi) is 8.60. The Morgan fingerprint density at radius 1 is 1.21 bits per heavy atom. The van der Waals surface area contributed by atoms with Crippen molar-refractivity contribution in [2.75, 3.05) is 26.7 Å². The summed E-state index contributed by atoms with van der Waals surface area (Å²) in [5, 5.41) is 5.69. The lowest BCUT2D eigenvalue weighted by molar-refractivity contribution is -0.132. The number of halogens is 3. The van der Waals surface area contributed by atoms with Crippen LogP contribution in [-0.2, 0) is 6.54 Å². The maximum atomic E-state index is 12.2. The third kappa shape index (κ3) is 8.76. The molecule has 0 amide bonds. The lowest BCUT2D eigenvalue weighted by Crippen LogP contribution is -2.40. The van der Waals surface area contributed by atoms with Crippen LogP contribution in [0.1, 0.15) is 25.8 Å². The van der Waals surface area contributed by atoms with Gasteiger partial charge in [0.2, 0.25) is 0 Å². The second kappa shape index (κ2) is 10.2. The van der Waals surface area contributed by atoms with E-state index in [-0.39, 0.29) is 12.6 Å². The van der Waals surface area contributed by atoms with Crippen molar-refractivity contribution in [1.29, 1.82) is 0 Å². The first-order valence-corrected chi connectivity index (χ1v) is 8.15. The van der Waals surface area contributed by atoms with E-state index in [1.54, 1.807) is 0 Å². The highest BCUT2D eigenvalue weighted by Crippen LogP contribution is 2.18. The van der Waals surface area contributed by atoms with E-state index >= 15 is 0 Å². The van der Waals surface area contributed by atoms with Gasteiger partial charge in [-0.1, -0.05) is 30.3 Å². The summed E-state index contributed by atoms with van der Waals surface area (Å²) in [5.74, 6) is 0.418. The van der Waals surface area contributed by atoms with E-state index in [4.69, 9.17) is 0 Å². The molecule has 24 heavy (non-hydrogen) atoms. The molecule has 0 aliphatic rings. The lowest BCUT2D eigenvalue weighted by atomic mass is 10.2. The summed E-state index contributed by atoms with van der Waals surface area (Å²) in [7, 11) is 2.01. The molecule has 1 atom stereocenters. The van der Waals surface area contributed by atoms with Gasteiger partial charge in [0.1, 0.15) is 0 Å². The van der Waals surface area contributed by atoms with Gasteiger partial charge < -0.3 is 10.6 Å². The molecule has 0 heterocycles. The Hall–Kier alpha value is -1.76. The molecular weight excluding hydrogens is 317 g/mol. The van der Waals surface area contributed by atoms with Gasteiger partial charge in [-0.25, -0.2) is 0 Å². The Balaban J connectivity index is 2.48. The number of benzene rings is 1. The molecule has 0 bridgehead atoms. The molecule has 7 heteroatoms. The van der Waals surface area contributed by atoms with Crippen molar-refractivity contribution >= 4 is 5.96 Å². The molecule has 0 radical (unpaired) electrons. The second-order valence-electron chi connectivity index (χ2n) is 5.76. The zero-order chi connectivity index (χ0) is 18.0. The van der Waals surface area contributed by atoms with Crippen molar-refractivity contribution < 1.29 is 13.2 Å². The monoisotopic (exact) mass is 344 g/mol. The van der Waals surface area contributed by atoms with Crippen LogP contribution in [0.25, 0.3) is 0 Å². The van der Waals surface area contributed by atoms with Crippen LogP contribution < -0.4 is 10.6 Å². The molecule has 1 aromatic carbocycles. The number of nitrogens with zero attached hydrogens (tertiary/aromatic N) is 2. The topological polar surface area (TPSA) is 39.7 Å². The standard InChI is InChI=1S/C17H27F3N4/c1-4-21-16(22-11-10-17(18,19)20)23-12-14(2)24(3)13-15-8-6-5-7-9-15/h5-9,14H,4,10-13H2,1-3H3,(H2,21,22,23). The van der Waals surface area contributed by atoms with Crippen molar-refractivity contribution in [2.24, 2.45) is 4.99 Å². The summed E-state index contributed by atoms with van der Waals surface area (Å²) in [6, 6.07) is 10.3. The predicted octanol–water partition coefficient (Wildman–Crippen LogP) is 3.01. The Labute approximate surface area is 142 Å². The lowest BCUT2D eigenvalue weighted by Gasteiger charge is -2.24. The van der Waals surface area contributed by atoms with E-state index < -0.39 is 12.6 Å². The Bertz CT molecular complexity index is 488. The Morgan fingerprint density at radius 3 is 2.46 bits per heavy atom. The number of alkyl halides is 3. The summed E-state index contributed by atoms with van der Waals surface area (Å²) in [6.45, 7) is 5.66. The molecule has 1 rings (SSSR count). The molecule has 0 saturated heterocycles. The maximum Gasteiger partial charge on any atom is 0.390 e. The smallest absolute Gasteiger partial charge is 0.357 e. The van der Waals surface area contributed by atoms with Gasteiger partial charge >= 0.3 is 6.18 Å². The predicted molar refractivity (Wildman–Crippen MR) is 92.0 cm³/mol. The Morgan fingerprint density at radius 2 is 1.88 bits per heavy atom. The van der Waals surface area contributed by atoms with Crippen LogP contribution in [0.3, 0.4) is 0 Å². The van der Waals surface area contributed by atoms with Crippen molar-refractivity contribution in [3.05, 3.63) is 35.9 Å². The van der Waals surface area contributed by atoms with Crippen molar-refractivity contribution in [1.82, 2.24) is 15.5 Å². The number of hydrogen-bond acceptors (Lipinski definition) is 2. The van der Waals surface area contributed by atoms with Crippen LogP contribution in [0.15, 0.2) is 35.3 Å². The number of guanidine groups is 1. The molecular formula is C17H27F3N4. The zero-order valence-corrected chi connectivity index (χ0v) is 14.5. The summed E-state index contributed by atoms with van der Waals surface area (Å²) in [4.78, 5) is 6.55. The van der Waals surface area contributed by atoms with Crippen LogP contribution >= 0.6 is 0 Å². The molecule has 0 fully saturated rings. The minimum absolute atomic E-state index is 0.170. The van der Waals surface area contributed by atoms with E-state index in [9.17, 15) is 13.2 Å². The zero-order valence-electron chi connectivity index (χ0n) is 14.5. The summed E-state index contributed by atoms with van der Waals surface area (Å²) < 4.78 is 36.6. The first-order chi connectivity index (χ1) is 11.3. The third-order valence-electron chi connectivity index (χ3n) is 3.59. The van der Waals surface area contributed by atoms with E-state index in [0.29, 0.717) is 19.0 Å². The third-order valence-corrected chi connectivity index (χ3v) is 3.59. The summed E-state index contributed by atoms with van der Waals surface area (Å²) in [6.07, 6.45) is -5.03. The van der Waals surface area contributed by atoms with Gasteiger partial charge in [-0.05, 0) is 26.5 Å². The molecule has 1 unspecified atom stereocenters. The first kappa shape index (κ1) is 20.3. The van der Waals surface area contributed by atoms with E-state index in [2.05, 4.69) is 32.7 Å².